The van der Waals surface area contributed by atoms with Crippen LogP contribution in [-0.2, 0) is 4.74 Å². The van der Waals surface area contributed by atoms with Crippen LogP contribution in [0.15, 0.2) is 42.5 Å². The summed E-state index contributed by atoms with van der Waals surface area (Å²) in [6.45, 7) is 0.940. The van der Waals surface area contributed by atoms with Crippen molar-refractivity contribution < 1.29 is 19.2 Å². The summed E-state index contributed by atoms with van der Waals surface area (Å²) in [4.78, 5) is 34.7. The van der Waals surface area contributed by atoms with Gasteiger partial charge in [-0.15, -0.1) is 0 Å². The molecule has 3 rings (SSSR count). The highest BCUT2D eigenvalue weighted by Crippen LogP contribution is 2.25. The second-order valence-corrected chi connectivity index (χ2v) is 7.08. The Hall–Kier alpha value is -3.42. The molecule has 0 saturated heterocycles. The van der Waals surface area contributed by atoms with E-state index in [4.69, 9.17) is 0 Å². The Morgan fingerprint density at radius 3 is 2.31 bits per heavy atom. The SMILES string of the molecule is COC(=O)c1cc(C(=O)Nc2ccc(NCC3CCCC3)cc2)cc([N+](=O)[O-])c1. The van der Waals surface area contributed by atoms with E-state index in [9.17, 15) is 19.7 Å². The number of anilines is 2. The molecule has 0 spiro atoms. The van der Waals surface area contributed by atoms with Gasteiger partial charge in [-0.3, -0.25) is 14.9 Å². The maximum atomic E-state index is 12.5. The fraction of sp³-hybridized carbons (Fsp3) is 0.333. The zero-order chi connectivity index (χ0) is 20.8. The molecule has 1 fully saturated rings. The lowest BCUT2D eigenvalue weighted by molar-refractivity contribution is -0.384. The molecule has 2 aromatic rings. The van der Waals surface area contributed by atoms with Crippen LogP contribution in [0.5, 0.6) is 0 Å². The van der Waals surface area contributed by atoms with Gasteiger partial charge in [0, 0.05) is 35.6 Å². The first-order chi connectivity index (χ1) is 14.0. The van der Waals surface area contributed by atoms with Gasteiger partial charge < -0.3 is 15.4 Å². The number of nitrogens with zero attached hydrogens (tertiary/aromatic N) is 1. The first-order valence-corrected chi connectivity index (χ1v) is 9.49. The molecular weight excluding hydrogens is 374 g/mol. The van der Waals surface area contributed by atoms with E-state index in [1.807, 2.05) is 12.1 Å². The molecule has 0 atom stereocenters. The summed E-state index contributed by atoms with van der Waals surface area (Å²) in [5, 5.41) is 17.2. The molecule has 8 heteroatoms. The number of nitro benzene ring substituents is 1. The number of hydrogen-bond acceptors (Lipinski definition) is 6. The highest BCUT2D eigenvalue weighted by molar-refractivity contribution is 6.06. The van der Waals surface area contributed by atoms with Gasteiger partial charge in [0.2, 0.25) is 0 Å². The van der Waals surface area contributed by atoms with Crippen molar-refractivity contribution in [3.63, 3.8) is 0 Å². The van der Waals surface area contributed by atoms with Gasteiger partial charge in [0.1, 0.15) is 0 Å². The summed E-state index contributed by atoms with van der Waals surface area (Å²) in [5.41, 5.74) is 1.11. The van der Waals surface area contributed by atoms with E-state index in [0.29, 0.717) is 11.6 Å². The lowest BCUT2D eigenvalue weighted by atomic mass is 10.1. The molecule has 0 radical (unpaired) electrons. The number of amides is 1. The highest BCUT2D eigenvalue weighted by atomic mass is 16.6. The topological polar surface area (TPSA) is 111 Å². The van der Waals surface area contributed by atoms with Gasteiger partial charge in [-0.1, -0.05) is 12.8 Å². The standard InChI is InChI=1S/C21H23N3O5/c1-29-21(26)16-10-15(11-19(12-16)24(27)28)20(25)23-18-8-6-17(7-9-18)22-13-14-4-2-3-5-14/h6-12,14,22H,2-5,13H2,1H3,(H,23,25). The molecule has 0 heterocycles. The van der Waals surface area contributed by atoms with Gasteiger partial charge in [-0.25, -0.2) is 4.79 Å². The van der Waals surface area contributed by atoms with Crippen LogP contribution in [0.2, 0.25) is 0 Å². The number of rotatable bonds is 7. The second kappa shape index (κ2) is 9.18. The molecule has 1 aliphatic rings. The second-order valence-electron chi connectivity index (χ2n) is 7.08. The molecule has 2 aromatic carbocycles. The number of ether oxygens (including phenoxy) is 1. The van der Waals surface area contributed by atoms with Crippen molar-refractivity contribution in [1.29, 1.82) is 0 Å². The molecular formula is C21H23N3O5. The first kappa shape index (κ1) is 20.3. The summed E-state index contributed by atoms with van der Waals surface area (Å²) in [7, 11) is 1.17. The number of nitro groups is 1. The Balaban J connectivity index is 1.68. The zero-order valence-electron chi connectivity index (χ0n) is 16.1. The monoisotopic (exact) mass is 397 g/mol. The Morgan fingerprint density at radius 1 is 1.07 bits per heavy atom. The number of hydrogen-bond donors (Lipinski definition) is 2. The van der Waals surface area contributed by atoms with Crippen LogP contribution in [-0.4, -0.2) is 30.5 Å². The van der Waals surface area contributed by atoms with Gasteiger partial charge in [0.05, 0.1) is 17.6 Å². The van der Waals surface area contributed by atoms with Gasteiger partial charge in [0.25, 0.3) is 11.6 Å². The van der Waals surface area contributed by atoms with E-state index >= 15 is 0 Å². The molecule has 1 amide bonds. The minimum atomic E-state index is -0.750. The Bertz CT molecular complexity index is 905. The minimum absolute atomic E-state index is 0.00281. The number of esters is 1. The summed E-state index contributed by atoms with van der Waals surface area (Å²) in [5.74, 6) is -0.585. The van der Waals surface area contributed by atoms with Crippen LogP contribution in [0.1, 0.15) is 46.4 Å². The molecule has 1 aliphatic carbocycles. The van der Waals surface area contributed by atoms with E-state index in [-0.39, 0.29) is 16.8 Å². The fourth-order valence-electron chi connectivity index (χ4n) is 3.43. The molecule has 8 nitrogen and oxygen atoms in total. The number of methoxy groups -OCH3 is 1. The predicted octanol–water partition coefficient (Wildman–Crippen LogP) is 4.24. The number of nitrogens with one attached hydrogen (secondary N) is 2. The van der Waals surface area contributed by atoms with Crippen LogP contribution in [0.3, 0.4) is 0 Å². The van der Waals surface area contributed by atoms with E-state index < -0.39 is 16.8 Å². The van der Waals surface area contributed by atoms with Crippen molar-refractivity contribution in [2.24, 2.45) is 5.92 Å². The van der Waals surface area contributed by atoms with E-state index in [2.05, 4.69) is 15.4 Å². The lowest BCUT2D eigenvalue weighted by Gasteiger charge is -2.12. The van der Waals surface area contributed by atoms with Gasteiger partial charge in [-0.05, 0) is 49.1 Å². The van der Waals surface area contributed by atoms with Gasteiger partial charge >= 0.3 is 5.97 Å². The lowest BCUT2D eigenvalue weighted by Crippen LogP contribution is -2.14. The molecule has 29 heavy (non-hydrogen) atoms. The molecule has 152 valence electrons. The summed E-state index contributed by atoms with van der Waals surface area (Å²) >= 11 is 0. The molecule has 0 unspecified atom stereocenters. The van der Waals surface area contributed by atoms with Crippen LogP contribution >= 0.6 is 0 Å². The summed E-state index contributed by atoms with van der Waals surface area (Å²) < 4.78 is 4.60. The predicted molar refractivity (Wildman–Crippen MR) is 109 cm³/mol. The Labute approximate surface area is 168 Å². The van der Waals surface area contributed by atoms with Crippen LogP contribution in [0, 0.1) is 16.0 Å². The smallest absolute Gasteiger partial charge is 0.338 e. The van der Waals surface area contributed by atoms with Crippen molar-refractivity contribution in [2.45, 2.75) is 25.7 Å². The normalized spacial score (nSPS) is 13.7. The summed E-state index contributed by atoms with van der Waals surface area (Å²) in [6, 6.07) is 10.7. The van der Waals surface area contributed by atoms with E-state index in [0.717, 1.165) is 24.4 Å². The quantitative estimate of drug-likeness (QED) is 0.411. The third-order valence-corrected chi connectivity index (χ3v) is 5.02. The molecule has 0 aliphatic heterocycles. The average Bonchev–Trinajstić information content (AvgIpc) is 3.26. The molecule has 1 saturated carbocycles. The molecule has 0 bridgehead atoms. The van der Waals surface area contributed by atoms with Crippen molar-refractivity contribution in [1.82, 2.24) is 0 Å². The largest absolute Gasteiger partial charge is 0.465 e. The number of carbonyl (C=O) groups is 2. The summed E-state index contributed by atoms with van der Waals surface area (Å²) in [6.07, 6.45) is 5.12. The average molecular weight is 397 g/mol. The maximum Gasteiger partial charge on any atom is 0.338 e. The first-order valence-electron chi connectivity index (χ1n) is 9.49. The third kappa shape index (κ3) is 5.31. The van der Waals surface area contributed by atoms with Crippen LogP contribution < -0.4 is 10.6 Å². The minimum Gasteiger partial charge on any atom is -0.465 e. The van der Waals surface area contributed by atoms with Crippen LogP contribution in [0.25, 0.3) is 0 Å². The number of carbonyl (C=O) groups excluding carboxylic acids is 2. The van der Waals surface area contributed by atoms with Crippen molar-refractivity contribution in [3.8, 4) is 0 Å². The van der Waals surface area contributed by atoms with Crippen LogP contribution in [0.4, 0.5) is 17.1 Å². The number of non-ortho nitro benzene ring substituents is 1. The van der Waals surface area contributed by atoms with Crippen molar-refractivity contribution in [2.75, 3.05) is 24.3 Å². The molecule has 2 N–H and O–H groups in total. The van der Waals surface area contributed by atoms with Crippen molar-refractivity contribution in [3.05, 3.63) is 63.7 Å². The maximum absolute atomic E-state index is 12.5. The number of benzene rings is 2. The van der Waals surface area contributed by atoms with E-state index in [1.54, 1.807) is 12.1 Å². The van der Waals surface area contributed by atoms with Gasteiger partial charge in [0.15, 0.2) is 0 Å². The fourth-order valence-corrected chi connectivity index (χ4v) is 3.43. The highest BCUT2D eigenvalue weighted by Gasteiger charge is 2.19. The Kier molecular flexibility index (Phi) is 6.43. The van der Waals surface area contributed by atoms with E-state index in [1.165, 1.54) is 38.9 Å². The third-order valence-electron chi connectivity index (χ3n) is 5.02. The molecule has 0 aromatic heterocycles. The van der Waals surface area contributed by atoms with Crippen molar-refractivity contribution >= 4 is 28.9 Å². The zero-order valence-corrected chi connectivity index (χ0v) is 16.1. The van der Waals surface area contributed by atoms with Gasteiger partial charge in [-0.2, -0.15) is 0 Å². The Morgan fingerprint density at radius 2 is 1.69 bits per heavy atom.